The van der Waals surface area contributed by atoms with Crippen molar-refractivity contribution in [3.05, 3.63) is 30.3 Å². The van der Waals surface area contributed by atoms with E-state index < -0.39 is 5.91 Å². The Morgan fingerprint density at radius 1 is 1.29 bits per heavy atom. The molecule has 106 valence electrons. The number of amides is 1. The van der Waals surface area contributed by atoms with Crippen LogP contribution < -0.4 is 11.5 Å². The number of carbonyl (C=O) groups excluding carboxylic acids is 1. The van der Waals surface area contributed by atoms with Gasteiger partial charge >= 0.3 is 0 Å². The largest absolute Gasteiger partial charge is 0.382 e. The van der Waals surface area contributed by atoms with Crippen molar-refractivity contribution in [1.82, 2.24) is 25.1 Å². The van der Waals surface area contributed by atoms with E-state index in [0.717, 1.165) is 5.56 Å². The molecule has 0 saturated carbocycles. The number of anilines is 1. The SMILES string of the molecule is NC(=O)Cn1nnc(-c2nc(-c3ccccc3)no2)c1N. The van der Waals surface area contributed by atoms with Crippen molar-refractivity contribution in [1.29, 1.82) is 0 Å². The Morgan fingerprint density at radius 2 is 2.05 bits per heavy atom. The number of carbonyl (C=O) groups is 1. The maximum absolute atomic E-state index is 10.9. The maximum Gasteiger partial charge on any atom is 0.282 e. The maximum atomic E-state index is 10.9. The normalized spacial score (nSPS) is 10.7. The highest BCUT2D eigenvalue weighted by atomic mass is 16.5. The molecular weight excluding hydrogens is 274 g/mol. The van der Waals surface area contributed by atoms with Gasteiger partial charge in [-0.3, -0.25) is 4.79 Å². The number of rotatable bonds is 4. The van der Waals surface area contributed by atoms with Crippen molar-refractivity contribution in [2.24, 2.45) is 5.73 Å². The first kappa shape index (κ1) is 12.8. The molecule has 2 heterocycles. The molecule has 0 spiro atoms. The Hall–Kier alpha value is -3.23. The van der Waals surface area contributed by atoms with Crippen LogP contribution in [0.2, 0.25) is 0 Å². The fourth-order valence-corrected chi connectivity index (χ4v) is 1.76. The van der Waals surface area contributed by atoms with Crippen molar-refractivity contribution < 1.29 is 9.32 Å². The summed E-state index contributed by atoms with van der Waals surface area (Å²) in [5.41, 5.74) is 11.9. The smallest absolute Gasteiger partial charge is 0.282 e. The molecule has 0 aliphatic carbocycles. The van der Waals surface area contributed by atoms with Crippen LogP contribution in [0, 0.1) is 0 Å². The van der Waals surface area contributed by atoms with Gasteiger partial charge in [0.25, 0.3) is 5.89 Å². The van der Waals surface area contributed by atoms with Crippen LogP contribution in [0.4, 0.5) is 5.82 Å². The van der Waals surface area contributed by atoms with Gasteiger partial charge in [0.05, 0.1) is 0 Å². The number of primary amides is 1. The summed E-state index contributed by atoms with van der Waals surface area (Å²) in [5.74, 6) is 0.0993. The zero-order chi connectivity index (χ0) is 14.8. The van der Waals surface area contributed by atoms with Gasteiger partial charge in [0.2, 0.25) is 11.7 Å². The summed E-state index contributed by atoms with van der Waals surface area (Å²) in [6.45, 7) is -0.168. The molecule has 0 radical (unpaired) electrons. The second-order valence-corrected chi connectivity index (χ2v) is 4.24. The number of nitrogens with two attached hydrogens (primary N) is 2. The van der Waals surface area contributed by atoms with Crippen LogP contribution >= 0.6 is 0 Å². The van der Waals surface area contributed by atoms with Crippen molar-refractivity contribution >= 4 is 11.7 Å². The first-order valence-corrected chi connectivity index (χ1v) is 6.02. The molecule has 0 fully saturated rings. The zero-order valence-electron chi connectivity index (χ0n) is 10.8. The summed E-state index contributed by atoms with van der Waals surface area (Å²) in [7, 11) is 0. The lowest BCUT2D eigenvalue weighted by Gasteiger charge is -1.97. The number of nitrogen functional groups attached to an aromatic ring is 1. The lowest BCUT2D eigenvalue weighted by atomic mass is 10.2. The predicted molar refractivity (Wildman–Crippen MR) is 72.4 cm³/mol. The minimum Gasteiger partial charge on any atom is -0.382 e. The van der Waals surface area contributed by atoms with Gasteiger partial charge < -0.3 is 16.0 Å². The number of hydrogen-bond acceptors (Lipinski definition) is 7. The zero-order valence-corrected chi connectivity index (χ0v) is 10.8. The highest BCUT2D eigenvalue weighted by Crippen LogP contribution is 2.24. The quantitative estimate of drug-likeness (QED) is 0.691. The summed E-state index contributed by atoms with van der Waals surface area (Å²) in [6.07, 6.45) is 0. The monoisotopic (exact) mass is 285 g/mol. The molecule has 3 rings (SSSR count). The number of nitrogens with zero attached hydrogens (tertiary/aromatic N) is 5. The Morgan fingerprint density at radius 3 is 2.76 bits per heavy atom. The molecule has 0 saturated heterocycles. The first-order valence-electron chi connectivity index (χ1n) is 6.02. The Balaban J connectivity index is 1.94. The lowest BCUT2D eigenvalue weighted by Crippen LogP contribution is -2.20. The molecule has 0 atom stereocenters. The van der Waals surface area contributed by atoms with Crippen molar-refractivity contribution in [2.75, 3.05) is 5.73 Å². The second kappa shape index (κ2) is 5.04. The van der Waals surface area contributed by atoms with E-state index in [9.17, 15) is 4.79 Å². The van der Waals surface area contributed by atoms with Crippen LogP contribution in [0.1, 0.15) is 0 Å². The highest BCUT2D eigenvalue weighted by Gasteiger charge is 2.19. The molecule has 0 bridgehead atoms. The molecule has 4 N–H and O–H groups in total. The first-order chi connectivity index (χ1) is 10.1. The fraction of sp³-hybridized carbons (Fsp3) is 0.0833. The molecule has 9 heteroatoms. The third kappa shape index (κ3) is 2.43. The van der Waals surface area contributed by atoms with Gasteiger partial charge in [-0.15, -0.1) is 5.10 Å². The summed E-state index contributed by atoms with van der Waals surface area (Å²) >= 11 is 0. The van der Waals surface area contributed by atoms with E-state index in [2.05, 4.69) is 20.5 Å². The average molecular weight is 285 g/mol. The topological polar surface area (TPSA) is 139 Å². The van der Waals surface area contributed by atoms with Gasteiger partial charge in [-0.1, -0.05) is 40.7 Å². The summed E-state index contributed by atoms with van der Waals surface area (Å²) < 4.78 is 6.30. The van der Waals surface area contributed by atoms with Gasteiger partial charge in [0.15, 0.2) is 11.5 Å². The molecule has 2 aromatic heterocycles. The lowest BCUT2D eigenvalue weighted by molar-refractivity contribution is -0.118. The Labute approximate surface area is 118 Å². The predicted octanol–water partition coefficient (Wildman–Crippen LogP) is 0.0626. The minimum atomic E-state index is -0.575. The third-order valence-corrected chi connectivity index (χ3v) is 2.74. The van der Waals surface area contributed by atoms with E-state index in [1.807, 2.05) is 30.3 Å². The van der Waals surface area contributed by atoms with Gasteiger partial charge in [-0.2, -0.15) is 4.98 Å². The second-order valence-electron chi connectivity index (χ2n) is 4.24. The molecule has 1 aromatic carbocycles. The summed E-state index contributed by atoms with van der Waals surface area (Å²) in [6, 6.07) is 9.31. The van der Waals surface area contributed by atoms with Gasteiger partial charge in [0, 0.05) is 5.56 Å². The molecule has 1 amide bonds. The van der Waals surface area contributed by atoms with E-state index in [1.165, 1.54) is 4.68 Å². The summed E-state index contributed by atoms with van der Waals surface area (Å²) in [4.78, 5) is 15.1. The number of hydrogen-bond donors (Lipinski definition) is 2. The molecule has 21 heavy (non-hydrogen) atoms. The van der Waals surface area contributed by atoms with Crippen molar-refractivity contribution in [3.63, 3.8) is 0 Å². The molecule has 0 unspecified atom stereocenters. The number of benzene rings is 1. The van der Waals surface area contributed by atoms with E-state index in [1.54, 1.807) is 0 Å². The van der Waals surface area contributed by atoms with Crippen LogP contribution in [-0.4, -0.2) is 31.0 Å². The van der Waals surface area contributed by atoms with E-state index in [0.29, 0.717) is 5.82 Å². The third-order valence-electron chi connectivity index (χ3n) is 2.74. The van der Waals surface area contributed by atoms with Crippen LogP contribution in [0.3, 0.4) is 0 Å². The Kier molecular flexibility index (Phi) is 3.07. The van der Waals surface area contributed by atoms with Crippen molar-refractivity contribution in [2.45, 2.75) is 6.54 Å². The highest BCUT2D eigenvalue weighted by molar-refractivity contribution is 5.74. The molecule has 0 aliphatic rings. The summed E-state index contributed by atoms with van der Waals surface area (Å²) in [5, 5.41) is 11.4. The van der Waals surface area contributed by atoms with Crippen LogP contribution in [0.25, 0.3) is 23.0 Å². The number of aromatic nitrogens is 5. The molecule has 0 aliphatic heterocycles. The molecular formula is C12H11N7O2. The average Bonchev–Trinajstić information content (AvgIpc) is 3.08. The standard InChI is InChI=1S/C12H11N7O2/c13-8(20)6-19-10(14)9(16-18-19)12-15-11(17-21-12)7-4-2-1-3-5-7/h1-5H,6,14H2,(H2,13,20). The fourth-order valence-electron chi connectivity index (χ4n) is 1.76. The molecule has 3 aromatic rings. The van der Waals surface area contributed by atoms with Crippen LogP contribution in [0.5, 0.6) is 0 Å². The Bertz CT molecular complexity index is 778. The van der Waals surface area contributed by atoms with Gasteiger partial charge in [-0.25, -0.2) is 4.68 Å². The van der Waals surface area contributed by atoms with Crippen molar-refractivity contribution in [3.8, 4) is 23.0 Å². The van der Waals surface area contributed by atoms with E-state index in [4.69, 9.17) is 16.0 Å². The van der Waals surface area contributed by atoms with Crippen LogP contribution in [-0.2, 0) is 11.3 Å². The minimum absolute atomic E-state index is 0.127. The van der Waals surface area contributed by atoms with Crippen LogP contribution in [0.15, 0.2) is 34.9 Å². The van der Waals surface area contributed by atoms with E-state index >= 15 is 0 Å². The van der Waals surface area contributed by atoms with Gasteiger partial charge in [0.1, 0.15) is 6.54 Å². The van der Waals surface area contributed by atoms with E-state index in [-0.39, 0.29) is 23.9 Å². The van der Waals surface area contributed by atoms with Gasteiger partial charge in [-0.05, 0) is 0 Å². The molecule has 9 nitrogen and oxygen atoms in total.